The van der Waals surface area contributed by atoms with E-state index in [1.807, 2.05) is 19.1 Å². The van der Waals surface area contributed by atoms with Gasteiger partial charge < -0.3 is 10.6 Å². The third-order valence-corrected chi connectivity index (χ3v) is 6.48. The Labute approximate surface area is 163 Å². The van der Waals surface area contributed by atoms with Crippen molar-refractivity contribution >= 4 is 10.9 Å². The van der Waals surface area contributed by atoms with Crippen molar-refractivity contribution in [1.29, 1.82) is 5.26 Å². The molecule has 148 valence electrons. The molecule has 0 bridgehead atoms. The number of aromatic nitrogens is 2. The largest absolute Gasteiger partial charge is 0.329 e. The van der Waals surface area contributed by atoms with Crippen LogP contribution in [0.1, 0.15) is 55.8 Å². The number of H-pyrrole nitrogens is 1. The van der Waals surface area contributed by atoms with Crippen LogP contribution in [0.4, 0.5) is 0 Å². The summed E-state index contributed by atoms with van der Waals surface area (Å²) in [5.74, 6) is 0. The average Bonchev–Trinajstić information content (AvgIpc) is 3.46. The molecule has 1 saturated carbocycles. The van der Waals surface area contributed by atoms with E-state index in [-0.39, 0.29) is 28.7 Å². The highest BCUT2D eigenvalue weighted by Gasteiger charge is 2.44. The van der Waals surface area contributed by atoms with E-state index < -0.39 is 0 Å². The number of nitrogens with one attached hydrogen (secondary N) is 3. The third-order valence-electron chi connectivity index (χ3n) is 6.48. The van der Waals surface area contributed by atoms with E-state index in [9.17, 15) is 9.59 Å². The van der Waals surface area contributed by atoms with E-state index >= 15 is 0 Å². The lowest BCUT2D eigenvalue weighted by molar-refractivity contribution is 0.0977. The second-order valence-electron chi connectivity index (χ2n) is 8.15. The van der Waals surface area contributed by atoms with Gasteiger partial charge in [-0.1, -0.05) is 13.0 Å². The molecule has 0 spiro atoms. The molecule has 1 unspecified atom stereocenters. The first-order valence-corrected chi connectivity index (χ1v) is 10.1. The molecule has 0 radical (unpaired) electrons. The minimum Gasteiger partial charge on any atom is -0.315 e. The fourth-order valence-corrected chi connectivity index (χ4v) is 4.56. The van der Waals surface area contributed by atoms with E-state index in [4.69, 9.17) is 5.26 Å². The summed E-state index contributed by atoms with van der Waals surface area (Å²) in [7, 11) is 0. The molecule has 2 aromatic rings. The Morgan fingerprint density at radius 2 is 2.11 bits per heavy atom. The number of nitrogens with zero attached hydrogens (tertiary/aromatic N) is 2. The van der Waals surface area contributed by atoms with E-state index in [1.54, 1.807) is 4.57 Å². The normalized spacial score (nSPS) is 19.2. The number of rotatable bonds is 7. The lowest BCUT2D eigenvalue weighted by Crippen LogP contribution is -2.59. The van der Waals surface area contributed by atoms with Crippen molar-refractivity contribution in [3.05, 3.63) is 44.1 Å². The summed E-state index contributed by atoms with van der Waals surface area (Å²) in [5.41, 5.74) is 2.30. The molecule has 1 aromatic heterocycles. The van der Waals surface area contributed by atoms with Crippen LogP contribution in [0.25, 0.3) is 10.9 Å². The number of fused-ring (bicyclic) bond motifs is 1. The predicted octanol–water partition coefficient (Wildman–Crippen LogP) is 1.88. The Balaban J connectivity index is 1.90. The van der Waals surface area contributed by atoms with Crippen molar-refractivity contribution < 1.29 is 0 Å². The highest BCUT2D eigenvalue weighted by molar-refractivity contribution is 5.83. The Bertz CT molecular complexity index is 1050. The van der Waals surface area contributed by atoms with Gasteiger partial charge in [-0.2, -0.15) is 5.26 Å². The van der Waals surface area contributed by atoms with Gasteiger partial charge in [0, 0.05) is 43.6 Å². The number of nitriles is 1. The maximum absolute atomic E-state index is 12.5. The van der Waals surface area contributed by atoms with Gasteiger partial charge in [0.2, 0.25) is 0 Å². The first-order chi connectivity index (χ1) is 13.5. The topological polar surface area (TPSA) is 103 Å². The Morgan fingerprint density at radius 1 is 1.36 bits per heavy atom. The number of benzene rings is 1. The summed E-state index contributed by atoms with van der Waals surface area (Å²) < 4.78 is 1.78. The summed E-state index contributed by atoms with van der Waals surface area (Å²) in [6.07, 6.45) is 3.39. The summed E-state index contributed by atoms with van der Waals surface area (Å²) in [6.45, 7) is 6.65. The van der Waals surface area contributed by atoms with Gasteiger partial charge in [-0.15, -0.1) is 0 Å². The fourth-order valence-electron chi connectivity index (χ4n) is 4.56. The molecule has 1 saturated heterocycles. The van der Waals surface area contributed by atoms with Gasteiger partial charge in [0.25, 0.3) is 5.56 Å². The average molecular weight is 381 g/mol. The molecule has 1 atom stereocenters. The minimum atomic E-state index is -0.323. The highest BCUT2D eigenvalue weighted by atomic mass is 16.2. The molecule has 7 nitrogen and oxygen atoms in total. The smallest absolute Gasteiger partial charge is 0.315 e. The molecule has 28 heavy (non-hydrogen) atoms. The van der Waals surface area contributed by atoms with Crippen molar-refractivity contribution in [3.63, 3.8) is 0 Å². The quantitative estimate of drug-likeness (QED) is 0.636. The molecule has 7 heteroatoms. The molecule has 3 N–H and O–H groups in total. The zero-order valence-corrected chi connectivity index (χ0v) is 16.5. The van der Waals surface area contributed by atoms with Crippen molar-refractivity contribution in [2.75, 3.05) is 19.6 Å². The van der Waals surface area contributed by atoms with E-state index in [0.29, 0.717) is 18.4 Å². The van der Waals surface area contributed by atoms with Crippen LogP contribution in [-0.4, -0.2) is 29.2 Å². The molecular weight excluding hydrogens is 354 g/mol. The van der Waals surface area contributed by atoms with Crippen molar-refractivity contribution in [2.24, 2.45) is 5.41 Å². The number of hydrogen-bond acceptors (Lipinski definition) is 5. The van der Waals surface area contributed by atoms with Gasteiger partial charge in [-0.25, -0.2) is 4.79 Å². The molecule has 1 aromatic carbocycles. The van der Waals surface area contributed by atoms with E-state index in [0.717, 1.165) is 49.0 Å². The van der Waals surface area contributed by atoms with Gasteiger partial charge in [0.05, 0.1) is 17.0 Å². The number of aromatic amines is 1. The second kappa shape index (κ2) is 7.19. The Kier molecular flexibility index (Phi) is 4.86. The number of aryl methyl sites for hydroxylation is 1. The summed E-state index contributed by atoms with van der Waals surface area (Å²) in [4.78, 5) is 27.4. The minimum absolute atomic E-state index is 0.0681. The fraction of sp³-hybridized carbons (Fsp3) is 0.571. The third kappa shape index (κ3) is 2.97. The van der Waals surface area contributed by atoms with Crippen molar-refractivity contribution in [3.8, 4) is 6.07 Å². The van der Waals surface area contributed by atoms with Gasteiger partial charge in [-0.3, -0.25) is 14.3 Å². The first kappa shape index (κ1) is 18.9. The van der Waals surface area contributed by atoms with Crippen molar-refractivity contribution in [1.82, 2.24) is 20.2 Å². The van der Waals surface area contributed by atoms with Gasteiger partial charge in [-0.05, 0) is 43.4 Å². The van der Waals surface area contributed by atoms with Crippen LogP contribution < -0.4 is 21.9 Å². The highest BCUT2D eigenvalue weighted by Crippen LogP contribution is 2.43. The standard InChI is InChI=1S/C21H27N5O2/c1-3-21(11-23-12-21)18(24-10-4-9-22)15-7-8-16-17(13(15)2)26(14-5-6-14)20(28)25-19(16)27/h7-8,14,18,23-24H,3-6,10-12H2,1-2H3,(H,25,27,28). The molecule has 2 aliphatic rings. The summed E-state index contributed by atoms with van der Waals surface area (Å²) >= 11 is 0. The van der Waals surface area contributed by atoms with Gasteiger partial charge in [0.15, 0.2) is 0 Å². The van der Waals surface area contributed by atoms with Crippen LogP contribution in [-0.2, 0) is 0 Å². The summed E-state index contributed by atoms with van der Waals surface area (Å²) in [5, 5.41) is 16.5. The lowest BCUT2D eigenvalue weighted by Gasteiger charge is -2.49. The maximum Gasteiger partial charge on any atom is 0.329 e. The molecule has 1 aliphatic carbocycles. The molecular formula is C21H27N5O2. The van der Waals surface area contributed by atoms with E-state index in [2.05, 4.69) is 28.6 Å². The molecule has 2 heterocycles. The molecule has 0 amide bonds. The van der Waals surface area contributed by atoms with Crippen LogP contribution in [0.2, 0.25) is 0 Å². The molecule has 1 aliphatic heterocycles. The monoisotopic (exact) mass is 381 g/mol. The molecule has 2 fully saturated rings. The Morgan fingerprint density at radius 3 is 2.68 bits per heavy atom. The van der Waals surface area contributed by atoms with Crippen LogP contribution in [0, 0.1) is 23.7 Å². The van der Waals surface area contributed by atoms with E-state index in [1.165, 1.54) is 0 Å². The van der Waals surface area contributed by atoms with Crippen molar-refractivity contribution in [2.45, 2.75) is 51.6 Å². The zero-order chi connectivity index (χ0) is 19.9. The van der Waals surface area contributed by atoms with Crippen LogP contribution >= 0.6 is 0 Å². The predicted molar refractivity (Wildman–Crippen MR) is 108 cm³/mol. The Hall–Kier alpha value is -2.43. The number of hydrogen-bond donors (Lipinski definition) is 3. The maximum atomic E-state index is 12.5. The zero-order valence-electron chi connectivity index (χ0n) is 16.5. The van der Waals surface area contributed by atoms with Crippen LogP contribution in [0.5, 0.6) is 0 Å². The first-order valence-electron chi connectivity index (χ1n) is 10.1. The van der Waals surface area contributed by atoms with Gasteiger partial charge in [0.1, 0.15) is 0 Å². The SMILES string of the molecule is CCC1(C(NCCC#N)c2ccc3c(=O)[nH]c(=O)n(C4CC4)c3c2C)CNC1. The van der Waals surface area contributed by atoms with Crippen LogP contribution in [0.15, 0.2) is 21.7 Å². The van der Waals surface area contributed by atoms with Gasteiger partial charge >= 0.3 is 5.69 Å². The summed E-state index contributed by atoms with van der Waals surface area (Å²) in [6, 6.07) is 6.32. The second-order valence-corrected chi connectivity index (χ2v) is 8.15. The van der Waals surface area contributed by atoms with Crippen LogP contribution in [0.3, 0.4) is 0 Å². The molecule has 4 rings (SSSR count). The lowest BCUT2D eigenvalue weighted by atomic mass is 9.69.